The smallest absolute Gasteiger partial charge is 0.316 e. The first-order valence-electron chi connectivity index (χ1n) is 14.5. The molecule has 1 aromatic heterocycles. The molecule has 0 aliphatic carbocycles. The lowest BCUT2D eigenvalue weighted by molar-refractivity contribution is -0.121. The number of ether oxygens (including phenoxy) is 3. The number of anilines is 1. The molecule has 242 valence electrons. The van der Waals surface area contributed by atoms with E-state index in [1.165, 1.54) is 50.7 Å². The number of methoxy groups -OCH3 is 2. The van der Waals surface area contributed by atoms with Crippen LogP contribution in [0.25, 0.3) is 0 Å². The van der Waals surface area contributed by atoms with E-state index in [1.807, 2.05) is 6.92 Å². The van der Waals surface area contributed by atoms with Gasteiger partial charge in [-0.3, -0.25) is 9.69 Å². The summed E-state index contributed by atoms with van der Waals surface area (Å²) < 4.78 is 60.8. The first-order chi connectivity index (χ1) is 22.0. The van der Waals surface area contributed by atoms with Crippen molar-refractivity contribution in [3.05, 3.63) is 71.2 Å². The van der Waals surface area contributed by atoms with Gasteiger partial charge in [-0.1, -0.05) is 6.92 Å². The van der Waals surface area contributed by atoms with Gasteiger partial charge in [-0.25, -0.2) is 22.6 Å². The molecular weight excluding hydrogens is 619 g/mol. The fourth-order valence-corrected chi connectivity index (χ4v) is 7.35. The molecule has 2 aliphatic heterocycles. The Labute approximate surface area is 265 Å². The summed E-state index contributed by atoms with van der Waals surface area (Å²) in [4.78, 5) is 34.5. The Bertz CT molecular complexity index is 1830. The predicted molar refractivity (Wildman–Crippen MR) is 164 cm³/mol. The lowest BCUT2D eigenvalue weighted by atomic mass is 9.83. The number of carbonyl (C=O) groups is 2. The summed E-state index contributed by atoms with van der Waals surface area (Å²) in [5, 5.41) is 15.3. The van der Waals surface area contributed by atoms with Gasteiger partial charge in [0, 0.05) is 37.0 Å². The minimum absolute atomic E-state index is 0.0191. The number of urea groups is 1. The highest BCUT2D eigenvalue weighted by atomic mass is 32.2. The van der Waals surface area contributed by atoms with Crippen molar-refractivity contribution in [3.63, 3.8) is 0 Å². The Kier molecular flexibility index (Phi) is 9.04. The van der Waals surface area contributed by atoms with E-state index in [0.717, 1.165) is 25.1 Å². The van der Waals surface area contributed by atoms with Gasteiger partial charge in [0.05, 0.1) is 43.7 Å². The number of rotatable bonds is 11. The maximum Gasteiger partial charge on any atom is 0.316 e. The molecule has 1 atom stereocenters. The number of nitrogens with zero attached hydrogens (tertiary/aromatic N) is 4. The van der Waals surface area contributed by atoms with Crippen LogP contribution < -0.4 is 29.1 Å². The van der Waals surface area contributed by atoms with Crippen LogP contribution >= 0.6 is 0 Å². The zero-order chi connectivity index (χ0) is 33.2. The molecule has 0 radical (unpaired) electrons. The molecule has 46 heavy (non-hydrogen) atoms. The van der Waals surface area contributed by atoms with E-state index in [9.17, 15) is 23.3 Å². The van der Waals surface area contributed by atoms with Crippen molar-refractivity contribution in [2.24, 2.45) is 0 Å². The van der Waals surface area contributed by atoms with Crippen LogP contribution in [-0.2, 0) is 20.4 Å². The standard InChI is InChI=1S/C31H33FN6O7S/c1-5-12-37-17-20(18-37)35-30(40)36-31(22-8-7-11-34-28(22)45-6-2)23-13-19(16-33)24(32)15-25(23)38(29(31)39)46(41,42)27-10-9-21(43-3)14-26(27)44-4/h7-11,13-15,20H,5-6,12,17-18H2,1-4H3,(H2,35,36,40). The van der Waals surface area contributed by atoms with Gasteiger partial charge in [0.25, 0.3) is 15.9 Å². The quantitative estimate of drug-likeness (QED) is 0.315. The fraction of sp³-hybridized carbons (Fsp3) is 0.355. The third kappa shape index (κ3) is 5.43. The van der Waals surface area contributed by atoms with Crippen LogP contribution in [-0.4, -0.2) is 76.7 Å². The second-order valence-electron chi connectivity index (χ2n) is 10.6. The Morgan fingerprint density at radius 2 is 1.91 bits per heavy atom. The Morgan fingerprint density at radius 3 is 2.57 bits per heavy atom. The highest BCUT2D eigenvalue weighted by molar-refractivity contribution is 7.93. The summed E-state index contributed by atoms with van der Waals surface area (Å²) in [6, 6.07) is 9.34. The molecule has 2 N–H and O–H groups in total. The number of halogens is 1. The van der Waals surface area contributed by atoms with Gasteiger partial charge in [0.1, 0.15) is 28.3 Å². The summed E-state index contributed by atoms with van der Waals surface area (Å²) in [5.74, 6) is -2.19. The molecule has 0 spiro atoms. The first-order valence-corrected chi connectivity index (χ1v) is 15.9. The Morgan fingerprint density at radius 1 is 1.15 bits per heavy atom. The number of benzene rings is 2. The molecule has 3 amide bonds. The Balaban J connectivity index is 1.73. The molecule has 3 heterocycles. The molecule has 1 unspecified atom stereocenters. The van der Waals surface area contributed by atoms with Crippen LogP contribution in [0.1, 0.15) is 37.0 Å². The SMILES string of the molecule is CCCN1CC(NC(=O)NC2(c3cccnc3OCC)C(=O)N(S(=O)(=O)c3ccc(OC)cc3OC)c3cc(F)c(C#N)cc32)C1. The normalized spacial score (nSPS) is 17.9. The monoisotopic (exact) mass is 652 g/mol. The number of nitriles is 1. The van der Waals surface area contributed by atoms with E-state index in [1.54, 1.807) is 13.0 Å². The maximum absolute atomic E-state index is 15.3. The number of sulfonamides is 1. The summed E-state index contributed by atoms with van der Waals surface area (Å²) in [7, 11) is -2.23. The molecule has 2 aliphatic rings. The summed E-state index contributed by atoms with van der Waals surface area (Å²) >= 11 is 0. The van der Waals surface area contributed by atoms with Gasteiger partial charge in [-0.2, -0.15) is 9.57 Å². The maximum atomic E-state index is 15.3. The molecule has 3 aromatic rings. The van der Waals surface area contributed by atoms with Crippen molar-refractivity contribution < 1.29 is 36.6 Å². The van der Waals surface area contributed by atoms with Gasteiger partial charge in [-0.15, -0.1) is 0 Å². The second kappa shape index (κ2) is 12.8. The van der Waals surface area contributed by atoms with E-state index < -0.39 is 49.5 Å². The Hall–Kier alpha value is -4.94. The fourth-order valence-electron chi connectivity index (χ4n) is 5.75. The average molecular weight is 653 g/mol. The number of aromatic nitrogens is 1. The van der Waals surface area contributed by atoms with Crippen LogP contribution in [0.3, 0.4) is 0 Å². The van der Waals surface area contributed by atoms with Crippen LogP contribution in [0.15, 0.2) is 53.6 Å². The molecule has 0 saturated carbocycles. The number of pyridine rings is 1. The molecule has 2 aromatic carbocycles. The largest absolute Gasteiger partial charge is 0.497 e. The number of fused-ring (bicyclic) bond motifs is 1. The topological polar surface area (TPSA) is 163 Å². The van der Waals surface area contributed by atoms with Crippen LogP contribution in [0, 0.1) is 17.1 Å². The minimum atomic E-state index is -4.86. The van der Waals surface area contributed by atoms with E-state index in [2.05, 4.69) is 20.5 Å². The lowest BCUT2D eigenvalue weighted by Gasteiger charge is -2.40. The van der Waals surface area contributed by atoms with Gasteiger partial charge >= 0.3 is 6.03 Å². The van der Waals surface area contributed by atoms with Crippen LogP contribution in [0.5, 0.6) is 17.4 Å². The van der Waals surface area contributed by atoms with Crippen molar-refractivity contribution in [2.75, 3.05) is 44.8 Å². The summed E-state index contributed by atoms with van der Waals surface area (Å²) in [6.07, 6.45) is 2.34. The zero-order valence-corrected chi connectivity index (χ0v) is 26.5. The highest BCUT2D eigenvalue weighted by Crippen LogP contribution is 2.50. The molecular formula is C31H33FN6O7S. The van der Waals surface area contributed by atoms with Crippen molar-refractivity contribution in [2.45, 2.75) is 36.7 Å². The lowest BCUT2D eigenvalue weighted by Crippen LogP contribution is -2.64. The summed E-state index contributed by atoms with van der Waals surface area (Å²) in [5.41, 5.74) is -3.40. The molecule has 15 heteroatoms. The van der Waals surface area contributed by atoms with Gasteiger partial charge in [-0.05, 0) is 50.2 Å². The number of amides is 3. The minimum Gasteiger partial charge on any atom is -0.497 e. The van der Waals surface area contributed by atoms with Crippen molar-refractivity contribution in [3.8, 4) is 23.4 Å². The van der Waals surface area contributed by atoms with Crippen LogP contribution in [0.2, 0.25) is 0 Å². The third-order valence-corrected chi connectivity index (χ3v) is 9.55. The molecule has 5 rings (SSSR count). The number of hydrogen-bond donors (Lipinski definition) is 2. The van der Waals surface area contributed by atoms with Gasteiger partial charge in [0.15, 0.2) is 5.54 Å². The molecule has 13 nitrogen and oxygen atoms in total. The van der Waals surface area contributed by atoms with E-state index in [-0.39, 0.29) is 41.2 Å². The van der Waals surface area contributed by atoms with E-state index in [0.29, 0.717) is 17.4 Å². The number of hydrogen-bond acceptors (Lipinski definition) is 10. The van der Waals surface area contributed by atoms with E-state index >= 15 is 4.39 Å². The average Bonchev–Trinajstić information content (AvgIpc) is 3.26. The number of likely N-dealkylation sites (tertiary alicyclic amines) is 1. The highest BCUT2D eigenvalue weighted by Gasteiger charge is 2.59. The third-order valence-electron chi connectivity index (χ3n) is 7.81. The van der Waals surface area contributed by atoms with Crippen LogP contribution in [0.4, 0.5) is 14.9 Å². The second-order valence-corrected chi connectivity index (χ2v) is 12.4. The van der Waals surface area contributed by atoms with Gasteiger partial charge < -0.3 is 24.8 Å². The van der Waals surface area contributed by atoms with Crippen molar-refractivity contribution >= 4 is 27.6 Å². The number of nitrogens with one attached hydrogen (secondary N) is 2. The van der Waals surface area contributed by atoms with Crippen molar-refractivity contribution in [1.82, 2.24) is 20.5 Å². The van der Waals surface area contributed by atoms with Gasteiger partial charge in [0.2, 0.25) is 5.88 Å². The molecule has 1 fully saturated rings. The summed E-state index contributed by atoms with van der Waals surface area (Å²) in [6.45, 7) is 5.86. The predicted octanol–water partition coefficient (Wildman–Crippen LogP) is 2.88. The van der Waals surface area contributed by atoms with E-state index in [4.69, 9.17) is 14.2 Å². The first kappa shape index (κ1) is 32.5. The van der Waals surface area contributed by atoms with Crippen molar-refractivity contribution in [1.29, 1.82) is 5.26 Å². The zero-order valence-electron chi connectivity index (χ0n) is 25.7. The molecule has 1 saturated heterocycles. The number of carbonyl (C=O) groups excluding carboxylic acids is 2. The molecule has 0 bridgehead atoms.